The van der Waals surface area contributed by atoms with E-state index in [-0.39, 0.29) is 17.7 Å². The number of carbonyl (C=O) groups excluding carboxylic acids is 1. The third-order valence-corrected chi connectivity index (χ3v) is 4.27. The van der Waals surface area contributed by atoms with Gasteiger partial charge in [0.05, 0.1) is 12.4 Å². The molecular formula is C17H23N3O3S. The van der Waals surface area contributed by atoms with Gasteiger partial charge in [0.25, 0.3) is 5.22 Å². The Morgan fingerprint density at radius 2 is 2.04 bits per heavy atom. The van der Waals surface area contributed by atoms with Gasteiger partial charge >= 0.3 is 0 Å². The Bertz CT molecular complexity index is 633. The second kappa shape index (κ2) is 9.44. The third-order valence-electron chi connectivity index (χ3n) is 3.45. The van der Waals surface area contributed by atoms with Crippen molar-refractivity contribution in [2.24, 2.45) is 0 Å². The zero-order valence-corrected chi connectivity index (χ0v) is 15.0. The van der Waals surface area contributed by atoms with Crippen molar-refractivity contribution in [3.8, 4) is 0 Å². The SMILES string of the molecule is COCC(C)NC(=O)CSc1nnc(CC(C)c2ccccc2)o1. The largest absolute Gasteiger partial charge is 0.416 e. The van der Waals surface area contributed by atoms with Gasteiger partial charge in [-0.05, 0) is 18.4 Å². The lowest BCUT2D eigenvalue weighted by molar-refractivity contribution is -0.119. The summed E-state index contributed by atoms with van der Waals surface area (Å²) in [6.45, 7) is 4.50. The smallest absolute Gasteiger partial charge is 0.277 e. The zero-order valence-electron chi connectivity index (χ0n) is 14.2. The molecular weight excluding hydrogens is 326 g/mol. The number of carbonyl (C=O) groups is 1. The van der Waals surface area contributed by atoms with Crippen molar-refractivity contribution in [3.05, 3.63) is 41.8 Å². The maximum atomic E-state index is 11.8. The van der Waals surface area contributed by atoms with Crippen LogP contribution in [0.25, 0.3) is 0 Å². The fourth-order valence-electron chi connectivity index (χ4n) is 2.28. The molecule has 0 aliphatic carbocycles. The van der Waals surface area contributed by atoms with E-state index in [1.54, 1.807) is 7.11 Å². The second-order valence-electron chi connectivity index (χ2n) is 5.69. The standard InChI is InChI=1S/C17H23N3O3S/c1-12(14-7-5-4-6-8-14)9-16-19-20-17(23-16)24-11-15(21)18-13(2)10-22-3/h4-8,12-13H,9-11H2,1-3H3,(H,18,21). The van der Waals surface area contributed by atoms with Gasteiger partial charge in [-0.2, -0.15) is 0 Å². The van der Waals surface area contributed by atoms with Crippen molar-refractivity contribution >= 4 is 17.7 Å². The quantitative estimate of drug-likeness (QED) is 0.701. The highest BCUT2D eigenvalue weighted by atomic mass is 32.2. The predicted molar refractivity (Wildman–Crippen MR) is 93.1 cm³/mol. The molecule has 1 aromatic heterocycles. The summed E-state index contributed by atoms with van der Waals surface area (Å²) in [7, 11) is 1.60. The lowest BCUT2D eigenvalue weighted by Gasteiger charge is -2.11. The molecule has 2 atom stereocenters. The number of benzene rings is 1. The molecule has 0 spiro atoms. The zero-order chi connectivity index (χ0) is 17.4. The van der Waals surface area contributed by atoms with Gasteiger partial charge < -0.3 is 14.5 Å². The van der Waals surface area contributed by atoms with Crippen molar-refractivity contribution in [2.45, 2.75) is 37.5 Å². The summed E-state index contributed by atoms with van der Waals surface area (Å²) in [4.78, 5) is 11.8. The number of nitrogens with one attached hydrogen (secondary N) is 1. The first-order chi connectivity index (χ1) is 11.6. The van der Waals surface area contributed by atoms with Gasteiger partial charge in [0.2, 0.25) is 11.8 Å². The Morgan fingerprint density at radius 1 is 1.29 bits per heavy atom. The number of thioether (sulfide) groups is 1. The molecule has 0 saturated carbocycles. The Labute approximate surface area is 146 Å². The second-order valence-corrected chi connectivity index (χ2v) is 6.62. The number of hydrogen-bond donors (Lipinski definition) is 1. The topological polar surface area (TPSA) is 77.2 Å². The molecule has 0 fully saturated rings. The molecule has 2 unspecified atom stereocenters. The minimum Gasteiger partial charge on any atom is -0.416 e. The van der Waals surface area contributed by atoms with E-state index in [2.05, 4.69) is 34.6 Å². The van der Waals surface area contributed by atoms with Crippen LogP contribution < -0.4 is 5.32 Å². The Kier molecular flexibility index (Phi) is 7.27. The summed E-state index contributed by atoms with van der Waals surface area (Å²) in [5.74, 6) is 1.04. The molecule has 0 aliphatic rings. The number of nitrogens with zero attached hydrogens (tertiary/aromatic N) is 2. The van der Waals surface area contributed by atoms with E-state index in [0.717, 1.165) is 0 Å². The Hall–Kier alpha value is -1.86. The van der Waals surface area contributed by atoms with Gasteiger partial charge in [-0.1, -0.05) is 49.0 Å². The van der Waals surface area contributed by atoms with Crippen LogP contribution in [0.5, 0.6) is 0 Å². The van der Waals surface area contributed by atoms with Crippen LogP contribution in [-0.2, 0) is 16.0 Å². The Morgan fingerprint density at radius 3 is 2.75 bits per heavy atom. The molecule has 2 aromatic rings. The molecule has 130 valence electrons. The van der Waals surface area contributed by atoms with Gasteiger partial charge in [-0.3, -0.25) is 4.79 Å². The molecule has 6 nitrogen and oxygen atoms in total. The number of ether oxygens (including phenoxy) is 1. The monoisotopic (exact) mass is 349 g/mol. The van der Waals surface area contributed by atoms with Crippen LogP contribution in [0, 0.1) is 0 Å². The summed E-state index contributed by atoms with van der Waals surface area (Å²) in [5.41, 5.74) is 1.23. The minimum absolute atomic E-state index is 0.0203. The van der Waals surface area contributed by atoms with Gasteiger partial charge in [0.1, 0.15) is 0 Å². The molecule has 7 heteroatoms. The summed E-state index contributed by atoms with van der Waals surface area (Å²) in [6, 6.07) is 10.2. The maximum Gasteiger partial charge on any atom is 0.277 e. The highest BCUT2D eigenvalue weighted by Crippen LogP contribution is 2.22. The van der Waals surface area contributed by atoms with Crippen molar-refractivity contribution in [3.63, 3.8) is 0 Å². The van der Waals surface area contributed by atoms with Gasteiger partial charge in [-0.15, -0.1) is 10.2 Å². The fraction of sp³-hybridized carbons (Fsp3) is 0.471. The van der Waals surface area contributed by atoms with Crippen LogP contribution in [-0.4, -0.2) is 41.6 Å². The first-order valence-corrected chi connectivity index (χ1v) is 8.85. The highest BCUT2D eigenvalue weighted by molar-refractivity contribution is 7.99. The van der Waals surface area contributed by atoms with Crippen LogP contribution >= 0.6 is 11.8 Å². The lowest BCUT2D eigenvalue weighted by atomic mass is 9.98. The van der Waals surface area contributed by atoms with E-state index in [4.69, 9.17) is 9.15 Å². The average Bonchev–Trinajstić information content (AvgIpc) is 3.01. The molecule has 0 radical (unpaired) electrons. The van der Waals surface area contributed by atoms with E-state index in [1.165, 1.54) is 17.3 Å². The molecule has 0 bridgehead atoms. The van der Waals surface area contributed by atoms with Crippen molar-refractivity contribution in [1.82, 2.24) is 15.5 Å². The minimum atomic E-state index is -0.0815. The van der Waals surface area contributed by atoms with Crippen LogP contribution in [0.1, 0.15) is 31.2 Å². The van der Waals surface area contributed by atoms with Gasteiger partial charge in [0, 0.05) is 19.6 Å². The van der Waals surface area contributed by atoms with Crippen LogP contribution in [0.3, 0.4) is 0 Å². The average molecular weight is 349 g/mol. The molecule has 1 aromatic carbocycles. The summed E-state index contributed by atoms with van der Waals surface area (Å²) in [5, 5.41) is 11.3. The van der Waals surface area contributed by atoms with E-state index in [0.29, 0.717) is 30.1 Å². The van der Waals surface area contributed by atoms with Crippen LogP contribution in [0.4, 0.5) is 0 Å². The number of hydrogen-bond acceptors (Lipinski definition) is 6. The fourth-order valence-corrected chi connectivity index (χ4v) is 2.87. The third kappa shape index (κ3) is 5.98. The van der Waals surface area contributed by atoms with E-state index in [9.17, 15) is 4.79 Å². The molecule has 0 aliphatic heterocycles. The lowest BCUT2D eigenvalue weighted by Crippen LogP contribution is -2.36. The summed E-state index contributed by atoms with van der Waals surface area (Å²) < 4.78 is 10.6. The molecule has 0 saturated heterocycles. The van der Waals surface area contributed by atoms with Crippen LogP contribution in [0.2, 0.25) is 0 Å². The van der Waals surface area contributed by atoms with Gasteiger partial charge in [-0.25, -0.2) is 0 Å². The predicted octanol–water partition coefficient (Wildman–Crippen LogP) is 2.66. The maximum absolute atomic E-state index is 11.8. The highest BCUT2D eigenvalue weighted by Gasteiger charge is 2.14. The first-order valence-electron chi connectivity index (χ1n) is 7.87. The van der Waals surface area contributed by atoms with E-state index < -0.39 is 0 Å². The molecule has 1 N–H and O–H groups in total. The van der Waals surface area contributed by atoms with Crippen molar-refractivity contribution in [1.29, 1.82) is 0 Å². The first kappa shape index (κ1) is 18.5. The molecule has 1 amide bonds. The number of rotatable bonds is 9. The van der Waals surface area contributed by atoms with E-state index >= 15 is 0 Å². The number of aromatic nitrogens is 2. The summed E-state index contributed by atoms with van der Waals surface area (Å²) >= 11 is 1.24. The van der Waals surface area contributed by atoms with Gasteiger partial charge in [0.15, 0.2) is 0 Å². The van der Waals surface area contributed by atoms with E-state index in [1.807, 2.05) is 25.1 Å². The van der Waals surface area contributed by atoms with Crippen LogP contribution in [0.15, 0.2) is 40.0 Å². The summed E-state index contributed by atoms with van der Waals surface area (Å²) in [6.07, 6.45) is 0.675. The Balaban J connectivity index is 1.79. The molecule has 24 heavy (non-hydrogen) atoms. The normalized spacial score (nSPS) is 13.5. The van der Waals surface area contributed by atoms with Crippen molar-refractivity contribution < 1.29 is 13.9 Å². The number of methoxy groups -OCH3 is 1. The number of amides is 1. The molecule has 2 rings (SSSR count). The van der Waals surface area contributed by atoms with Crippen molar-refractivity contribution in [2.75, 3.05) is 19.5 Å². The molecule has 1 heterocycles.